The van der Waals surface area contributed by atoms with Crippen molar-refractivity contribution in [3.05, 3.63) is 58.7 Å². The molecule has 28 heavy (non-hydrogen) atoms. The fourth-order valence-electron chi connectivity index (χ4n) is 3.97. The Balaban J connectivity index is 1.80. The molecule has 3 rings (SSSR count). The smallest absolute Gasteiger partial charge is 0.123 e. The second-order valence-corrected chi connectivity index (χ2v) is 7.30. The van der Waals surface area contributed by atoms with Gasteiger partial charge < -0.3 is 19.7 Å². The fraction of sp³-hybridized carbons (Fsp3) is 0.500. The van der Waals surface area contributed by atoms with E-state index in [0.29, 0.717) is 0 Å². The van der Waals surface area contributed by atoms with Crippen LogP contribution in [0.4, 0.5) is 0 Å². The molecule has 1 atom stereocenters. The molecule has 1 heterocycles. The van der Waals surface area contributed by atoms with Crippen LogP contribution in [0.1, 0.15) is 49.1 Å². The number of ether oxygens (including phenoxy) is 2. The SMILES string of the molecule is CCc1ccc(OC)c(C2NCCc3cc(OCCN(CC)CC)ccc32)c1. The maximum absolute atomic E-state index is 6.04. The molecule has 1 aliphatic rings. The number of likely N-dealkylation sites (N-methyl/N-ethyl adjacent to an activating group) is 1. The third-order valence-electron chi connectivity index (χ3n) is 5.75. The maximum Gasteiger partial charge on any atom is 0.123 e. The van der Waals surface area contributed by atoms with Gasteiger partial charge in [-0.2, -0.15) is 0 Å². The van der Waals surface area contributed by atoms with Crippen LogP contribution in [0.2, 0.25) is 0 Å². The van der Waals surface area contributed by atoms with Crippen LogP contribution in [0.15, 0.2) is 36.4 Å². The standard InChI is InChI=1S/C24H34N2O2/c1-5-18-8-11-23(27-4)22(16-18)24-21-10-9-20(17-19(21)12-13-25-24)28-15-14-26(6-2)7-3/h8-11,16-17,24-25H,5-7,12-15H2,1-4H3. The summed E-state index contributed by atoms with van der Waals surface area (Å²) in [5, 5.41) is 3.68. The van der Waals surface area contributed by atoms with Crippen LogP contribution in [0.5, 0.6) is 11.5 Å². The van der Waals surface area contributed by atoms with E-state index in [1.807, 2.05) is 0 Å². The van der Waals surface area contributed by atoms with Crippen molar-refractivity contribution in [2.75, 3.05) is 39.9 Å². The van der Waals surface area contributed by atoms with Gasteiger partial charge >= 0.3 is 0 Å². The molecule has 0 radical (unpaired) electrons. The number of nitrogens with zero attached hydrogens (tertiary/aromatic N) is 1. The zero-order chi connectivity index (χ0) is 19.9. The van der Waals surface area contributed by atoms with E-state index in [2.05, 4.69) is 67.4 Å². The Hall–Kier alpha value is -2.04. The van der Waals surface area contributed by atoms with Gasteiger partial charge in [-0.25, -0.2) is 0 Å². The predicted molar refractivity (Wildman–Crippen MR) is 116 cm³/mol. The Labute approximate surface area is 169 Å². The molecule has 1 N–H and O–H groups in total. The molecule has 4 heteroatoms. The summed E-state index contributed by atoms with van der Waals surface area (Å²) >= 11 is 0. The van der Waals surface area contributed by atoms with E-state index in [0.717, 1.165) is 57.1 Å². The second-order valence-electron chi connectivity index (χ2n) is 7.30. The number of hydrogen-bond acceptors (Lipinski definition) is 4. The van der Waals surface area contributed by atoms with Crippen LogP contribution in [-0.2, 0) is 12.8 Å². The highest BCUT2D eigenvalue weighted by atomic mass is 16.5. The van der Waals surface area contributed by atoms with Gasteiger partial charge in [-0.1, -0.05) is 39.0 Å². The number of aryl methyl sites for hydroxylation is 1. The van der Waals surface area contributed by atoms with Gasteiger partial charge in [0.25, 0.3) is 0 Å². The summed E-state index contributed by atoms with van der Waals surface area (Å²) in [5.74, 6) is 1.92. The maximum atomic E-state index is 6.04. The third-order valence-corrected chi connectivity index (χ3v) is 5.75. The number of hydrogen-bond donors (Lipinski definition) is 1. The molecule has 1 unspecified atom stereocenters. The zero-order valence-electron chi connectivity index (χ0n) is 17.8. The number of methoxy groups -OCH3 is 1. The number of nitrogens with one attached hydrogen (secondary N) is 1. The van der Waals surface area contributed by atoms with Crippen LogP contribution in [-0.4, -0.2) is 44.8 Å². The summed E-state index contributed by atoms with van der Waals surface area (Å²) in [6.45, 7) is 11.4. The molecule has 0 fully saturated rings. The van der Waals surface area contributed by atoms with Gasteiger partial charge in [-0.3, -0.25) is 0 Å². The van der Waals surface area contributed by atoms with Crippen molar-refractivity contribution in [1.82, 2.24) is 10.2 Å². The topological polar surface area (TPSA) is 33.7 Å². The molecule has 0 saturated heterocycles. The third kappa shape index (κ3) is 4.68. The fourth-order valence-corrected chi connectivity index (χ4v) is 3.97. The molecule has 1 aliphatic heterocycles. The molecule has 0 bridgehead atoms. The van der Waals surface area contributed by atoms with Crippen LogP contribution in [0.3, 0.4) is 0 Å². The molecule has 2 aromatic carbocycles. The number of fused-ring (bicyclic) bond motifs is 1. The molecule has 2 aromatic rings. The van der Waals surface area contributed by atoms with Gasteiger partial charge in [0.2, 0.25) is 0 Å². The van der Waals surface area contributed by atoms with Gasteiger partial charge in [-0.15, -0.1) is 0 Å². The molecular formula is C24H34N2O2. The lowest BCUT2D eigenvalue weighted by Crippen LogP contribution is -2.31. The highest BCUT2D eigenvalue weighted by molar-refractivity contribution is 5.49. The number of benzene rings is 2. The van der Waals surface area contributed by atoms with Crippen molar-refractivity contribution in [3.8, 4) is 11.5 Å². The minimum absolute atomic E-state index is 0.162. The lowest BCUT2D eigenvalue weighted by Gasteiger charge is -2.29. The van der Waals surface area contributed by atoms with Crippen molar-refractivity contribution < 1.29 is 9.47 Å². The average Bonchev–Trinajstić information content (AvgIpc) is 2.75. The molecular weight excluding hydrogens is 348 g/mol. The largest absolute Gasteiger partial charge is 0.496 e. The first-order chi connectivity index (χ1) is 13.7. The summed E-state index contributed by atoms with van der Waals surface area (Å²) in [4.78, 5) is 2.38. The quantitative estimate of drug-likeness (QED) is 0.704. The summed E-state index contributed by atoms with van der Waals surface area (Å²) in [6, 6.07) is 13.2. The average molecular weight is 383 g/mol. The highest BCUT2D eigenvalue weighted by Crippen LogP contribution is 2.36. The van der Waals surface area contributed by atoms with Crippen LogP contribution in [0.25, 0.3) is 0 Å². The minimum Gasteiger partial charge on any atom is -0.496 e. The van der Waals surface area contributed by atoms with E-state index >= 15 is 0 Å². The minimum atomic E-state index is 0.162. The van der Waals surface area contributed by atoms with E-state index in [4.69, 9.17) is 9.47 Å². The van der Waals surface area contributed by atoms with E-state index < -0.39 is 0 Å². The highest BCUT2D eigenvalue weighted by Gasteiger charge is 2.24. The molecule has 0 aliphatic carbocycles. The Kier molecular flexibility index (Phi) is 7.35. The number of rotatable bonds is 9. The van der Waals surface area contributed by atoms with Gasteiger partial charge in [0.1, 0.15) is 18.1 Å². The second kappa shape index (κ2) is 9.94. The van der Waals surface area contributed by atoms with Crippen molar-refractivity contribution in [2.45, 2.75) is 39.7 Å². The molecule has 152 valence electrons. The summed E-state index contributed by atoms with van der Waals surface area (Å²) in [7, 11) is 1.75. The lowest BCUT2D eigenvalue weighted by atomic mass is 9.88. The molecule has 0 amide bonds. The van der Waals surface area contributed by atoms with Gasteiger partial charge in [0.15, 0.2) is 0 Å². The molecule has 0 spiro atoms. The van der Waals surface area contributed by atoms with Crippen LogP contribution >= 0.6 is 0 Å². The molecule has 4 nitrogen and oxygen atoms in total. The molecule has 0 saturated carbocycles. The van der Waals surface area contributed by atoms with Crippen molar-refractivity contribution in [1.29, 1.82) is 0 Å². The zero-order valence-corrected chi connectivity index (χ0v) is 17.8. The molecule has 0 aromatic heterocycles. The first kappa shape index (κ1) is 20.7. The van der Waals surface area contributed by atoms with Gasteiger partial charge in [0, 0.05) is 18.7 Å². The monoisotopic (exact) mass is 382 g/mol. The summed E-state index contributed by atoms with van der Waals surface area (Å²) in [5.41, 5.74) is 5.25. The lowest BCUT2D eigenvalue weighted by molar-refractivity contribution is 0.222. The van der Waals surface area contributed by atoms with E-state index in [1.54, 1.807) is 7.11 Å². The van der Waals surface area contributed by atoms with Gasteiger partial charge in [0.05, 0.1) is 13.2 Å². The van der Waals surface area contributed by atoms with Crippen molar-refractivity contribution in [3.63, 3.8) is 0 Å². The van der Waals surface area contributed by atoms with Crippen molar-refractivity contribution in [2.24, 2.45) is 0 Å². The Morgan fingerprint density at radius 1 is 1.04 bits per heavy atom. The van der Waals surface area contributed by atoms with Gasteiger partial charge in [-0.05, 0) is 60.8 Å². The predicted octanol–water partition coefficient (Wildman–Crippen LogP) is 4.21. The van der Waals surface area contributed by atoms with Crippen molar-refractivity contribution >= 4 is 0 Å². The van der Waals surface area contributed by atoms with Crippen LogP contribution in [0, 0.1) is 0 Å². The first-order valence-electron chi connectivity index (χ1n) is 10.6. The van der Waals surface area contributed by atoms with E-state index in [1.165, 1.54) is 22.3 Å². The first-order valence-corrected chi connectivity index (χ1v) is 10.6. The summed E-state index contributed by atoms with van der Waals surface area (Å²) in [6.07, 6.45) is 2.05. The Bertz CT molecular complexity index is 771. The normalized spacial score (nSPS) is 16.1. The Morgan fingerprint density at radius 3 is 2.57 bits per heavy atom. The Morgan fingerprint density at radius 2 is 1.86 bits per heavy atom. The van der Waals surface area contributed by atoms with E-state index in [-0.39, 0.29) is 6.04 Å². The van der Waals surface area contributed by atoms with E-state index in [9.17, 15) is 0 Å². The van der Waals surface area contributed by atoms with Crippen LogP contribution < -0.4 is 14.8 Å². The summed E-state index contributed by atoms with van der Waals surface area (Å²) < 4.78 is 11.7.